The van der Waals surface area contributed by atoms with Crippen molar-refractivity contribution in [2.45, 2.75) is 32.8 Å². The molecule has 0 radical (unpaired) electrons. The van der Waals surface area contributed by atoms with Gasteiger partial charge in [-0.3, -0.25) is 9.78 Å². The first kappa shape index (κ1) is 26.3. The molecule has 0 saturated heterocycles. The van der Waals surface area contributed by atoms with Crippen LogP contribution in [0.3, 0.4) is 0 Å². The van der Waals surface area contributed by atoms with Crippen LogP contribution in [0, 0.1) is 11.7 Å². The number of carbonyl (C=O) groups excluding carboxylic acids is 1. The number of rotatable bonds is 10. The first-order chi connectivity index (χ1) is 17.9. The van der Waals surface area contributed by atoms with Crippen LogP contribution in [0.4, 0.5) is 4.39 Å². The van der Waals surface area contributed by atoms with Gasteiger partial charge >= 0.3 is 5.97 Å². The molecule has 0 spiro atoms. The molecule has 0 bridgehead atoms. The summed E-state index contributed by atoms with van der Waals surface area (Å²) in [5.74, 6) is -0.309. The van der Waals surface area contributed by atoms with E-state index in [4.69, 9.17) is 19.2 Å². The fourth-order valence-corrected chi connectivity index (χ4v) is 4.66. The van der Waals surface area contributed by atoms with Crippen molar-refractivity contribution in [3.8, 4) is 16.9 Å². The maximum absolute atomic E-state index is 13.9. The highest BCUT2D eigenvalue weighted by Crippen LogP contribution is 2.39. The number of methoxy groups -OCH3 is 2. The summed E-state index contributed by atoms with van der Waals surface area (Å²) in [6.07, 6.45) is 0.398. The second-order valence-corrected chi connectivity index (χ2v) is 9.29. The second-order valence-electron chi connectivity index (χ2n) is 9.29. The minimum atomic E-state index is -0.387. The summed E-state index contributed by atoms with van der Waals surface area (Å²) in [6.45, 7) is 4.81. The van der Waals surface area contributed by atoms with Crippen LogP contribution in [0.1, 0.15) is 36.6 Å². The van der Waals surface area contributed by atoms with Crippen LogP contribution < -0.4 is 4.74 Å². The average Bonchev–Trinajstić information content (AvgIpc) is 2.91. The molecule has 0 amide bonds. The highest BCUT2D eigenvalue weighted by atomic mass is 19.1. The van der Waals surface area contributed by atoms with Gasteiger partial charge in [-0.05, 0) is 46.5 Å². The lowest BCUT2D eigenvalue weighted by Crippen LogP contribution is -2.18. The normalized spacial score (nSPS) is 12.8. The van der Waals surface area contributed by atoms with E-state index in [1.807, 2.05) is 55.5 Å². The molecule has 0 N–H and O–H groups in total. The minimum Gasteiger partial charge on any atom is -0.489 e. The van der Waals surface area contributed by atoms with Gasteiger partial charge in [0.15, 0.2) is 0 Å². The first-order valence-electron chi connectivity index (χ1n) is 12.4. The van der Waals surface area contributed by atoms with Crippen molar-refractivity contribution in [2.24, 2.45) is 5.92 Å². The monoisotopic (exact) mass is 501 g/mol. The van der Waals surface area contributed by atoms with Crippen LogP contribution in [0.25, 0.3) is 22.0 Å². The van der Waals surface area contributed by atoms with Crippen LogP contribution in [-0.4, -0.2) is 31.8 Å². The van der Waals surface area contributed by atoms with Gasteiger partial charge in [0.2, 0.25) is 0 Å². The Morgan fingerprint density at radius 3 is 2.38 bits per heavy atom. The molecule has 4 rings (SSSR count). The Bertz CT molecular complexity index is 1360. The molecular formula is C31H32FNO4. The van der Waals surface area contributed by atoms with Crippen molar-refractivity contribution in [1.82, 2.24) is 4.98 Å². The van der Waals surface area contributed by atoms with E-state index in [-0.39, 0.29) is 23.6 Å². The Labute approximate surface area is 217 Å². The molecule has 2 atom stereocenters. The lowest BCUT2D eigenvalue weighted by atomic mass is 9.85. The Morgan fingerprint density at radius 2 is 1.70 bits per heavy atom. The molecule has 0 aliphatic rings. The number of nitrogens with zero attached hydrogens (tertiary/aromatic N) is 1. The SMILES string of the molecule is COCC(C)c1c(C[C@H](C)C(=O)OC)nc2cc(OCc3ccccc3)ccc2c1-c1ccc(F)cc1. The van der Waals surface area contributed by atoms with E-state index in [9.17, 15) is 9.18 Å². The lowest BCUT2D eigenvalue weighted by Gasteiger charge is -2.23. The van der Waals surface area contributed by atoms with E-state index in [1.165, 1.54) is 19.2 Å². The first-order valence-corrected chi connectivity index (χ1v) is 12.4. The zero-order chi connectivity index (χ0) is 26.4. The number of halogens is 1. The van der Waals surface area contributed by atoms with Crippen LogP contribution in [0.15, 0.2) is 72.8 Å². The molecule has 0 aliphatic heterocycles. The topological polar surface area (TPSA) is 57.7 Å². The van der Waals surface area contributed by atoms with E-state index < -0.39 is 0 Å². The standard InChI is InChI=1S/C31H32FNO4/c1-20(31(34)36-4)16-28-29(21(2)18-35-3)30(23-10-12-24(32)13-11-23)26-15-14-25(17-27(26)33-28)37-19-22-8-6-5-7-9-22/h5-15,17,20-21H,16,18-19H2,1-4H3/t20-,21?/m0/s1. The van der Waals surface area contributed by atoms with Crippen molar-refractivity contribution >= 4 is 16.9 Å². The molecule has 5 nitrogen and oxygen atoms in total. The summed E-state index contributed by atoms with van der Waals surface area (Å²) < 4.78 is 30.4. The van der Waals surface area contributed by atoms with Gasteiger partial charge < -0.3 is 14.2 Å². The molecule has 1 aromatic heterocycles. The van der Waals surface area contributed by atoms with E-state index in [1.54, 1.807) is 19.2 Å². The maximum atomic E-state index is 13.9. The lowest BCUT2D eigenvalue weighted by molar-refractivity contribution is -0.144. The van der Waals surface area contributed by atoms with Crippen molar-refractivity contribution in [3.63, 3.8) is 0 Å². The van der Waals surface area contributed by atoms with E-state index in [0.717, 1.165) is 38.9 Å². The van der Waals surface area contributed by atoms with Crippen LogP contribution in [0.2, 0.25) is 0 Å². The quantitative estimate of drug-likeness (QED) is 0.226. The van der Waals surface area contributed by atoms with Gasteiger partial charge in [-0.2, -0.15) is 0 Å². The Kier molecular flexibility index (Phi) is 8.51. The van der Waals surface area contributed by atoms with E-state index in [2.05, 4.69) is 6.92 Å². The number of aromatic nitrogens is 1. The van der Waals surface area contributed by atoms with Crippen molar-refractivity contribution in [2.75, 3.05) is 20.8 Å². The van der Waals surface area contributed by atoms with Gasteiger partial charge in [-0.1, -0.05) is 56.3 Å². The summed E-state index contributed by atoms with van der Waals surface area (Å²) in [7, 11) is 3.05. The van der Waals surface area contributed by atoms with Gasteiger partial charge in [0.1, 0.15) is 18.2 Å². The predicted octanol–water partition coefficient (Wildman–Crippen LogP) is 6.72. The van der Waals surface area contributed by atoms with E-state index >= 15 is 0 Å². The van der Waals surface area contributed by atoms with Gasteiger partial charge in [-0.25, -0.2) is 4.39 Å². The zero-order valence-corrected chi connectivity index (χ0v) is 21.7. The third-order valence-electron chi connectivity index (χ3n) is 6.47. The number of hydrogen-bond donors (Lipinski definition) is 0. The summed E-state index contributed by atoms with van der Waals surface area (Å²) >= 11 is 0. The third kappa shape index (κ3) is 6.15. The molecule has 4 aromatic rings. The third-order valence-corrected chi connectivity index (χ3v) is 6.47. The minimum absolute atomic E-state index is 0.0178. The molecular weight excluding hydrogens is 469 g/mol. The second kappa shape index (κ2) is 12.0. The number of benzene rings is 3. The summed E-state index contributed by atoms with van der Waals surface area (Å²) in [5.41, 5.74) is 5.40. The van der Waals surface area contributed by atoms with Crippen LogP contribution in [0.5, 0.6) is 5.75 Å². The highest BCUT2D eigenvalue weighted by Gasteiger charge is 2.25. The summed E-state index contributed by atoms with van der Waals surface area (Å²) in [5, 5.41) is 0.922. The van der Waals surface area contributed by atoms with Gasteiger partial charge in [0.25, 0.3) is 0 Å². The van der Waals surface area contributed by atoms with Crippen LogP contribution in [-0.2, 0) is 27.3 Å². The largest absolute Gasteiger partial charge is 0.489 e. The van der Waals surface area contributed by atoms with E-state index in [0.29, 0.717) is 25.4 Å². The van der Waals surface area contributed by atoms with Gasteiger partial charge in [-0.15, -0.1) is 0 Å². The number of fused-ring (bicyclic) bond motifs is 1. The molecule has 0 saturated carbocycles. The summed E-state index contributed by atoms with van der Waals surface area (Å²) in [4.78, 5) is 17.4. The summed E-state index contributed by atoms with van der Waals surface area (Å²) in [6, 6.07) is 22.3. The number of esters is 1. The highest BCUT2D eigenvalue weighted by molar-refractivity contribution is 5.97. The average molecular weight is 502 g/mol. The van der Waals surface area contributed by atoms with Gasteiger partial charge in [0.05, 0.1) is 25.2 Å². The smallest absolute Gasteiger partial charge is 0.308 e. The van der Waals surface area contributed by atoms with Gasteiger partial charge in [0, 0.05) is 36.6 Å². The fourth-order valence-electron chi connectivity index (χ4n) is 4.66. The Balaban J connectivity index is 1.88. The number of pyridine rings is 1. The molecule has 37 heavy (non-hydrogen) atoms. The fraction of sp³-hybridized carbons (Fsp3) is 0.290. The predicted molar refractivity (Wildman–Crippen MR) is 143 cm³/mol. The molecule has 1 heterocycles. The van der Waals surface area contributed by atoms with Crippen molar-refractivity contribution < 1.29 is 23.4 Å². The van der Waals surface area contributed by atoms with Crippen molar-refractivity contribution in [3.05, 3.63) is 95.4 Å². The molecule has 1 unspecified atom stereocenters. The molecule has 0 fully saturated rings. The zero-order valence-electron chi connectivity index (χ0n) is 21.7. The Morgan fingerprint density at radius 1 is 0.973 bits per heavy atom. The number of ether oxygens (including phenoxy) is 3. The number of carbonyl (C=O) groups is 1. The maximum Gasteiger partial charge on any atom is 0.308 e. The molecule has 3 aromatic carbocycles. The molecule has 0 aliphatic carbocycles. The molecule has 6 heteroatoms. The Hall–Kier alpha value is -3.77. The van der Waals surface area contributed by atoms with Crippen LogP contribution >= 0.6 is 0 Å². The van der Waals surface area contributed by atoms with Crippen molar-refractivity contribution in [1.29, 1.82) is 0 Å². The number of hydrogen-bond acceptors (Lipinski definition) is 5. The molecule has 192 valence electrons.